The SMILES string of the molecule is Cc1ccc(S(=O)(=O)N2C(=O)[C@@H](C)[C@@H]2C(F)(F)F)cc1. The second-order valence-corrected chi connectivity index (χ2v) is 6.54. The van der Waals surface area contributed by atoms with E-state index in [0.29, 0.717) is 0 Å². The normalized spacial score (nSPS) is 23.6. The van der Waals surface area contributed by atoms with E-state index in [1.807, 2.05) is 0 Å². The number of alkyl halides is 3. The molecule has 0 N–H and O–H groups in total. The van der Waals surface area contributed by atoms with E-state index < -0.39 is 34.1 Å². The molecule has 1 aliphatic heterocycles. The van der Waals surface area contributed by atoms with E-state index in [0.717, 1.165) is 12.5 Å². The van der Waals surface area contributed by atoms with Crippen LogP contribution in [0.2, 0.25) is 0 Å². The standard InChI is InChI=1S/C12H12F3NO3S/c1-7-3-5-9(6-4-7)20(18,19)16-10(12(13,14)15)8(2)11(16)17/h3-6,8,10H,1-2H3/t8-,10+/m0/s1. The number of aryl methyl sites for hydroxylation is 1. The zero-order chi connectivity index (χ0) is 15.3. The van der Waals surface area contributed by atoms with Gasteiger partial charge in [0.2, 0.25) is 5.91 Å². The van der Waals surface area contributed by atoms with E-state index in [9.17, 15) is 26.4 Å². The maximum atomic E-state index is 12.8. The lowest BCUT2D eigenvalue weighted by molar-refractivity contribution is -0.212. The summed E-state index contributed by atoms with van der Waals surface area (Å²) in [5, 5.41) is 0. The first-order chi connectivity index (χ1) is 9.06. The molecule has 0 saturated carbocycles. The van der Waals surface area contributed by atoms with Gasteiger partial charge in [0.15, 0.2) is 6.04 Å². The van der Waals surface area contributed by atoms with Gasteiger partial charge in [0.05, 0.1) is 10.8 Å². The van der Waals surface area contributed by atoms with Gasteiger partial charge >= 0.3 is 6.18 Å². The fourth-order valence-electron chi connectivity index (χ4n) is 2.10. The Bertz CT molecular complexity index is 637. The summed E-state index contributed by atoms with van der Waals surface area (Å²) in [6.07, 6.45) is -4.77. The second-order valence-electron chi connectivity index (χ2n) is 4.73. The van der Waals surface area contributed by atoms with Crippen LogP contribution in [0.5, 0.6) is 0 Å². The highest BCUT2D eigenvalue weighted by molar-refractivity contribution is 7.89. The van der Waals surface area contributed by atoms with Crippen LogP contribution in [0.4, 0.5) is 13.2 Å². The quantitative estimate of drug-likeness (QED) is 0.786. The van der Waals surface area contributed by atoms with E-state index >= 15 is 0 Å². The molecule has 1 fully saturated rings. The average Bonchev–Trinajstić information content (AvgIpc) is 2.33. The fourth-order valence-corrected chi connectivity index (χ4v) is 3.81. The van der Waals surface area contributed by atoms with Crippen LogP contribution in [0.15, 0.2) is 29.2 Å². The van der Waals surface area contributed by atoms with Gasteiger partial charge in [-0.05, 0) is 19.1 Å². The minimum Gasteiger partial charge on any atom is -0.273 e. The van der Waals surface area contributed by atoms with Crippen LogP contribution in [-0.2, 0) is 14.8 Å². The van der Waals surface area contributed by atoms with Crippen molar-refractivity contribution in [1.82, 2.24) is 4.31 Å². The molecule has 1 aromatic carbocycles. The number of benzene rings is 1. The van der Waals surface area contributed by atoms with Crippen molar-refractivity contribution in [3.63, 3.8) is 0 Å². The highest BCUT2D eigenvalue weighted by Gasteiger charge is 2.63. The largest absolute Gasteiger partial charge is 0.410 e. The summed E-state index contributed by atoms with van der Waals surface area (Å²) in [5.74, 6) is -2.41. The molecule has 1 heterocycles. The molecule has 20 heavy (non-hydrogen) atoms. The van der Waals surface area contributed by atoms with Gasteiger partial charge < -0.3 is 0 Å². The summed E-state index contributed by atoms with van der Waals surface area (Å²) in [4.78, 5) is 11.2. The Kier molecular flexibility index (Phi) is 3.32. The van der Waals surface area contributed by atoms with Crippen LogP contribution in [0.1, 0.15) is 12.5 Å². The first-order valence-corrected chi connectivity index (χ1v) is 7.22. The third-order valence-corrected chi connectivity index (χ3v) is 5.04. The summed E-state index contributed by atoms with van der Waals surface area (Å²) in [6, 6.07) is 3.01. The Morgan fingerprint density at radius 2 is 1.65 bits per heavy atom. The predicted octanol–water partition coefficient (Wildman–Crippen LogP) is 2.09. The third kappa shape index (κ3) is 2.17. The zero-order valence-corrected chi connectivity index (χ0v) is 11.5. The Balaban J connectivity index is 2.44. The van der Waals surface area contributed by atoms with Crippen molar-refractivity contribution in [3.8, 4) is 0 Å². The summed E-state index contributed by atoms with van der Waals surface area (Å²) in [5.41, 5.74) is 0.764. The van der Waals surface area contributed by atoms with Gasteiger partial charge in [-0.2, -0.15) is 13.2 Å². The van der Waals surface area contributed by atoms with Crippen molar-refractivity contribution in [1.29, 1.82) is 0 Å². The molecule has 0 aliphatic carbocycles. The topological polar surface area (TPSA) is 54.5 Å². The number of amides is 1. The van der Waals surface area contributed by atoms with Gasteiger partial charge in [-0.25, -0.2) is 12.7 Å². The smallest absolute Gasteiger partial charge is 0.273 e. The number of carbonyl (C=O) groups is 1. The lowest BCUT2D eigenvalue weighted by Gasteiger charge is -2.44. The van der Waals surface area contributed by atoms with Crippen molar-refractivity contribution >= 4 is 15.9 Å². The van der Waals surface area contributed by atoms with Crippen LogP contribution in [-0.4, -0.2) is 30.8 Å². The van der Waals surface area contributed by atoms with Crippen molar-refractivity contribution in [2.75, 3.05) is 0 Å². The molecule has 110 valence electrons. The maximum absolute atomic E-state index is 12.8. The predicted molar refractivity (Wildman–Crippen MR) is 64.2 cm³/mol. The van der Waals surface area contributed by atoms with Crippen LogP contribution >= 0.6 is 0 Å². The van der Waals surface area contributed by atoms with Gasteiger partial charge in [-0.1, -0.05) is 24.6 Å². The average molecular weight is 307 g/mol. The lowest BCUT2D eigenvalue weighted by atomic mass is 9.92. The van der Waals surface area contributed by atoms with E-state index in [1.165, 1.54) is 24.3 Å². The van der Waals surface area contributed by atoms with Crippen molar-refractivity contribution in [2.24, 2.45) is 5.92 Å². The molecule has 8 heteroatoms. The number of hydrogen-bond donors (Lipinski definition) is 0. The number of sulfonamides is 1. The molecular formula is C12H12F3NO3S. The molecule has 0 aromatic heterocycles. The summed E-state index contributed by atoms with van der Waals surface area (Å²) < 4.78 is 62.7. The van der Waals surface area contributed by atoms with Gasteiger partial charge in [0.25, 0.3) is 10.0 Å². The molecule has 2 rings (SSSR count). The molecule has 0 unspecified atom stereocenters. The highest BCUT2D eigenvalue weighted by atomic mass is 32.2. The Morgan fingerprint density at radius 3 is 2.10 bits per heavy atom. The van der Waals surface area contributed by atoms with Gasteiger partial charge in [-0.15, -0.1) is 0 Å². The van der Waals surface area contributed by atoms with E-state index in [-0.39, 0.29) is 9.20 Å². The number of hydrogen-bond acceptors (Lipinski definition) is 3. The van der Waals surface area contributed by atoms with E-state index in [1.54, 1.807) is 6.92 Å². The van der Waals surface area contributed by atoms with Crippen LogP contribution < -0.4 is 0 Å². The van der Waals surface area contributed by atoms with Gasteiger partial charge in [-0.3, -0.25) is 4.79 Å². The van der Waals surface area contributed by atoms with E-state index in [4.69, 9.17) is 0 Å². The lowest BCUT2D eigenvalue weighted by Crippen LogP contribution is -2.67. The first kappa shape index (κ1) is 14.8. The highest BCUT2D eigenvalue weighted by Crippen LogP contribution is 2.42. The van der Waals surface area contributed by atoms with Crippen molar-refractivity contribution < 1.29 is 26.4 Å². The van der Waals surface area contributed by atoms with Gasteiger partial charge in [0.1, 0.15) is 0 Å². The minimum absolute atomic E-state index is 0.0671. The second kappa shape index (κ2) is 4.47. The summed E-state index contributed by atoms with van der Waals surface area (Å²) in [7, 11) is -4.47. The first-order valence-electron chi connectivity index (χ1n) is 5.78. The molecular weight excluding hydrogens is 295 g/mol. The maximum Gasteiger partial charge on any atom is 0.410 e. The van der Waals surface area contributed by atoms with Crippen LogP contribution in [0, 0.1) is 12.8 Å². The molecule has 1 saturated heterocycles. The van der Waals surface area contributed by atoms with E-state index in [2.05, 4.69) is 0 Å². The number of nitrogens with zero attached hydrogens (tertiary/aromatic N) is 1. The molecule has 0 spiro atoms. The monoisotopic (exact) mass is 307 g/mol. The summed E-state index contributed by atoms with van der Waals surface area (Å²) in [6.45, 7) is 2.79. The molecule has 1 amide bonds. The molecule has 0 bridgehead atoms. The van der Waals surface area contributed by atoms with Crippen molar-refractivity contribution in [3.05, 3.63) is 29.8 Å². The molecule has 1 aliphatic rings. The van der Waals surface area contributed by atoms with Gasteiger partial charge in [0, 0.05) is 0 Å². The van der Waals surface area contributed by atoms with Crippen LogP contribution in [0.25, 0.3) is 0 Å². The molecule has 1 aromatic rings. The molecule has 2 atom stereocenters. The molecule has 4 nitrogen and oxygen atoms in total. The number of halogens is 3. The Labute approximate surface area is 114 Å². The number of β-lactam (4-membered cyclic amide) rings is 1. The van der Waals surface area contributed by atoms with Crippen LogP contribution in [0.3, 0.4) is 0 Å². The summed E-state index contributed by atoms with van der Waals surface area (Å²) >= 11 is 0. The minimum atomic E-state index is -4.77. The fraction of sp³-hybridized carbons (Fsp3) is 0.417. The zero-order valence-electron chi connectivity index (χ0n) is 10.7. The van der Waals surface area contributed by atoms with Crippen molar-refractivity contribution in [2.45, 2.75) is 31.0 Å². The number of rotatable bonds is 2. The number of carbonyl (C=O) groups excluding carboxylic acids is 1. The Hall–Kier alpha value is -1.57. The Morgan fingerprint density at radius 1 is 1.15 bits per heavy atom. The third-order valence-electron chi connectivity index (χ3n) is 3.25. The molecule has 0 radical (unpaired) electrons.